The zero-order valence-corrected chi connectivity index (χ0v) is 13.1. The SMILES string of the molecule is N#Cc1ccc(N2CCC[C@@H]2C(=O)N2CCOCC2)cc1Cl. The summed E-state index contributed by atoms with van der Waals surface area (Å²) in [5.41, 5.74) is 1.37. The summed E-state index contributed by atoms with van der Waals surface area (Å²) in [6, 6.07) is 7.29. The molecule has 1 atom stereocenters. The predicted octanol–water partition coefficient (Wildman–Crippen LogP) is 2.04. The van der Waals surface area contributed by atoms with Crippen LogP contribution < -0.4 is 4.90 Å². The quantitative estimate of drug-likeness (QED) is 0.837. The summed E-state index contributed by atoms with van der Waals surface area (Å²) in [5.74, 6) is 0.168. The number of nitrogens with zero attached hydrogens (tertiary/aromatic N) is 3. The van der Waals surface area contributed by atoms with Crippen LogP contribution in [0.3, 0.4) is 0 Å². The highest BCUT2D eigenvalue weighted by atomic mass is 35.5. The topological polar surface area (TPSA) is 56.6 Å². The number of morpholine rings is 1. The van der Waals surface area contributed by atoms with Gasteiger partial charge < -0.3 is 14.5 Å². The smallest absolute Gasteiger partial charge is 0.245 e. The molecule has 0 unspecified atom stereocenters. The Bertz CT molecular complexity index is 608. The van der Waals surface area contributed by atoms with Gasteiger partial charge in [-0.05, 0) is 31.0 Å². The largest absolute Gasteiger partial charge is 0.378 e. The van der Waals surface area contributed by atoms with E-state index in [0.717, 1.165) is 25.1 Å². The van der Waals surface area contributed by atoms with Gasteiger partial charge in [0.2, 0.25) is 5.91 Å². The van der Waals surface area contributed by atoms with E-state index in [1.165, 1.54) is 0 Å². The molecule has 0 bridgehead atoms. The van der Waals surface area contributed by atoms with Gasteiger partial charge in [-0.15, -0.1) is 0 Å². The maximum atomic E-state index is 12.7. The molecular formula is C16H18ClN3O2. The highest BCUT2D eigenvalue weighted by molar-refractivity contribution is 6.32. The van der Waals surface area contributed by atoms with Crippen LogP contribution in [0.25, 0.3) is 0 Å². The second-order valence-electron chi connectivity index (χ2n) is 5.57. The second-order valence-corrected chi connectivity index (χ2v) is 5.97. The number of amides is 1. The fraction of sp³-hybridized carbons (Fsp3) is 0.500. The van der Waals surface area contributed by atoms with Gasteiger partial charge in [-0.2, -0.15) is 5.26 Å². The standard InChI is InChI=1S/C16H18ClN3O2/c17-14-10-13(4-3-12(14)11-18)20-5-1-2-15(20)16(21)19-6-8-22-9-7-19/h3-4,10,15H,1-2,5-9H2/t15-/m1/s1. The van der Waals surface area contributed by atoms with Crippen molar-refractivity contribution in [2.24, 2.45) is 0 Å². The van der Waals surface area contributed by atoms with Crippen LogP contribution in [-0.4, -0.2) is 49.7 Å². The van der Waals surface area contributed by atoms with E-state index in [1.807, 2.05) is 11.0 Å². The van der Waals surface area contributed by atoms with Crippen LogP contribution in [-0.2, 0) is 9.53 Å². The molecule has 0 spiro atoms. The summed E-state index contributed by atoms with van der Waals surface area (Å²) >= 11 is 6.12. The lowest BCUT2D eigenvalue weighted by Gasteiger charge is -2.33. The summed E-state index contributed by atoms with van der Waals surface area (Å²) in [6.45, 7) is 3.39. The normalized spacial score (nSPS) is 21.7. The summed E-state index contributed by atoms with van der Waals surface area (Å²) in [4.78, 5) is 16.7. The maximum Gasteiger partial charge on any atom is 0.245 e. The summed E-state index contributed by atoms with van der Waals surface area (Å²) in [5, 5.41) is 9.40. The molecule has 2 aliphatic rings. The summed E-state index contributed by atoms with van der Waals surface area (Å²) in [6.07, 6.45) is 1.84. The number of nitriles is 1. The van der Waals surface area contributed by atoms with Gasteiger partial charge in [0.1, 0.15) is 12.1 Å². The van der Waals surface area contributed by atoms with Crippen molar-refractivity contribution < 1.29 is 9.53 Å². The molecule has 0 aromatic heterocycles. The van der Waals surface area contributed by atoms with E-state index in [0.29, 0.717) is 36.9 Å². The van der Waals surface area contributed by atoms with E-state index in [4.69, 9.17) is 21.6 Å². The number of hydrogen-bond acceptors (Lipinski definition) is 4. The Morgan fingerprint density at radius 3 is 2.77 bits per heavy atom. The number of carbonyl (C=O) groups is 1. The molecular weight excluding hydrogens is 302 g/mol. The number of carbonyl (C=O) groups excluding carboxylic acids is 1. The zero-order chi connectivity index (χ0) is 15.5. The fourth-order valence-electron chi connectivity index (χ4n) is 3.10. The monoisotopic (exact) mass is 319 g/mol. The van der Waals surface area contributed by atoms with Gasteiger partial charge >= 0.3 is 0 Å². The number of anilines is 1. The number of benzene rings is 1. The lowest BCUT2D eigenvalue weighted by Crippen LogP contribution is -2.49. The third-order valence-electron chi connectivity index (χ3n) is 4.27. The Hall–Kier alpha value is -1.77. The van der Waals surface area contributed by atoms with Crippen LogP contribution in [0.4, 0.5) is 5.69 Å². The molecule has 0 N–H and O–H groups in total. The molecule has 22 heavy (non-hydrogen) atoms. The number of rotatable bonds is 2. The lowest BCUT2D eigenvalue weighted by molar-refractivity contribution is -0.136. The Kier molecular flexibility index (Phi) is 4.51. The molecule has 1 amide bonds. The highest BCUT2D eigenvalue weighted by Crippen LogP contribution is 2.30. The zero-order valence-electron chi connectivity index (χ0n) is 12.3. The van der Waals surface area contributed by atoms with Crippen molar-refractivity contribution in [2.45, 2.75) is 18.9 Å². The Morgan fingerprint density at radius 1 is 1.32 bits per heavy atom. The van der Waals surface area contributed by atoms with Gasteiger partial charge in [-0.3, -0.25) is 4.79 Å². The summed E-state index contributed by atoms with van der Waals surface area (Å²) in [7, 11) is 0. The van der Waals surface area contributed by atoms with Crippen molar-refractivity contribution in [1.82, 2.24) is 4.90 Å². The second kappa shape index (κ2) is 6.55. The van der Waals surface area contributed by atoms with Crippen LogP contribution in [0.1, 0.15) is 18.4 Å². The molecule has 0 radical (unpaired) electrons. The maximum absolute atomic E-state index is 12.7. The number of halogens is 1. The van der Waals surface area contributed by atoms with Crippen LogP contribution in [0.15, 0.2) is 18.2 Å². The van der Waals surface area contributed by atoms with E-state index in [1.54, 1.807) is 12.1 Å². The first-order valence-electron chi connectivity index (χ1n) is 7.53. The molecule has 2 heterocycles. The first kappa shape index (κ1) is 15.1. The molecule has 0 saturated carbocycles. The number of hydrogen-bond donors (Lipinski definition) is 0. The van der Waals surface area contributed by atoms with Crippen molar-refractivity contribution in [3.8, 4) is 6.07 Å². The van der Waals surface area contributed by atoms with Gasteiger partial charge in [-0.25, -0.2) is 0 Å². The average Bonchev–Trinajstić information content (AvgIpc) is 3.04. The molecule has 0 aliphatic carbocycles. The lowest BCUT2D eigenvalue weighted by atomic mass is 10.1. The van der Waals surface area contributed by atoms with Gasteiger partial charge in [0.05, 0.1) is 23.8 Å². The van der Waals surface area contributed by atoms with Crippen LogP contribution >= 0.6 is 11.6 Å². The van der Waals surface area contributed by atoms with Gasteiger partial charge in [0.15, 0.2) is 0 Å². The average molecular weight is 320 g/mol. The minimum Gasteiger partial charge on any atom is -0.378 e. The highest BCUT2D eigenvalue weighted by Gasteiger charge is 2.34. The molecule has 2 fully saturated rings. The predicted molar refractivity (Wildman–Crippen MR) is 83.9 cm³/mol. The van der Waals surface area contributed by atoms with Crippen molar-refractivity contribution in [3.63, 3.8) is 0 Å². The minimum absolute atomic E-state index is 0.137. The van der Waals surface area contributed by atoms with Gasteiger partial charge in [0.25, 0.3) is 0 Å². The van der Waals surface area contributed by atoms with Gasteiger partial charge in [-0.1, -0.05) is 11.6 Å². The first-order valence-corrected chi connectivity index (χ1v) is 7.91. The van der Waals surface area contributed by atoms with Gasteiger partial charge in [0, 0.05) is 25.3 Å². The van der Waals surface area contributed by atoms with Crippen molar-refractivity contribution in [1.29, 1.82) is 5.26 Å². The molecule has 116 valence electrons. The van der Waals surface area contributed by atoms with E-state index < -0.39 is 0 Å². The van der Waals surface area contributed by atoms with E-state index in [9.17, 15) is 4.79 Å². The third-order valence-corrected chi connectivity index (χ3v) is 4.58. The van der Waals surface area contributed by atoms with Crippen LogP contribution in [0.5, 0.6) is 0 Å². The van der Waals surface area contributed by atoms with Crippen molar-refractivity contribution >= 4 is 23.2 Å². The molecule has 5 nitrogen and oxygen atoms in total. The van der Waals surface area contributed by atoms with E-state index in [-0.39, 0.29) is 11.9 Å². The summed E-state index contributed by atoms with van der Waals surface area (Å²) < 4.78 is 5.31. The molecule has 3 rings (SSSR count). The van der Waals surface area contributed by atoms with Crippen LogP contribution in [0, 0.1) is 11.3 Å². The molecule has 2 saturated heterocycles. The van der Waals surface area contributed by atoms with E-state index in [2.05, 4.69) is 11.0 Å². The molecule has 1 aromatic carbocycles. The Labute approximate surface area is 135 Å². The molecule has 6 heteroatoms. The van der Waals surface area contributed by atoms with Crippen molar-refractivity contribution in [2.75, 3.05) is 37.7 Å². The Balaban J connectivity index is 1.79. The van der Waals surface area contributed by atoms with Crippen molar-refractivity contribution in [3.05, 3.63) is 28.8 Å². The fourth-order valence-corrected chi connectivity index (χ4v) is 3.32. The Morgan fingerprint density at radius 2 is 2.09 bits per heavy atom. The minimum atomic E-state index is -0.137. The molecule has 2 aliphatic heterocycles. The third kappa shape index (κ3) is 2.90. The number of ether oxygens (including phenoxy) is 1. The van der Waals surface area contributed by atoms with E-state index >= 15 is 0 Å². The first-order chi connectivity index (χ1) is 10.7. The van der Waals surface area contributed by atoms with Crippen LogP contribution in [0.2, 0.25) is 5.02 Å². The molecule has 1 aromatic rings.